The summed E-state index contributed by atoms with van der Waals surface area (Å²) < 4.78 is 100. The van der Waals surface area contributed by atoms with Gasteiger partial charge < -0.3 is 11.1 Å². The van der Waals surface area contributed by atoms with Crippen molar-refractivity contribution in [1.82, 2.24) is 0 Å². The second-order valence-electron chi connectivity index (χ2n) is 4.55. The molecule has 1 rings (SSSR count). The molecule has 1 atom stereocenters. The van der Waals surface area contributed by atoms with Crippen molar-refractivity contribution in [2.24, 2.45) is 5.73 Å². The summed E-state index contributed by atoms with van der Waals surface area (Å²) in [6, 6.07) is -1.56. The van der Waals surface area contributed by atoms with Crippen LogP contribution in [0, 0.1) is 5.82 Å². The molecule has 3 nitrogen and oxygen atoms in total. The number of carbonyl (C=O) groups is 1. The molecular formula is C12H10F8N2O. The average molecular weight is 350 g/mol. The number of nitrogens with one attached hydrogen (secondary N) is 1. The zero-order valence-electron chi connectivity index (χ0n) is 11.1. The maximum Gasteiger partial charge on any atom is 0.404 e. The fourth-order valence-corrected chi connectivity index (χ4v) is 1.51. The number of rotatable bonds is 5. The Kier molecular flexibility index (Phi) is 5.56. The minimum absolute atomic E-state index is 0.128. The molecule has 11 heteroatoms. The molecule has 1 aromatic carbocycles. The van der Waals surface area contributed by atoms with Gasteiger partial charge in [-0.3, -0.25) is 4.79 Å². The van der Waals surface area contributed by atoms with E-state index in [4.69, 9.17) is 5.73 Å². The van der Waals surface area contributed by atoms with Crippen LogP contribution >= 0.6 is 0 Å². The fourth-order valence-electron chi connectivity index (χ4n) is 1.51. The molecular weight excluding hydrogens is 340 g/mol. The van der Waals surface area contributed by atoms with Gasteiger partial charge in [-0.15, -0.1) is 0 Å². The van der Waals surface area contributed by atoms with Gasteiger partial charge in [0.15, 0.2) is 0 Å². The Morgan fingerprint density at radius 2 is 1.70 bits per heavy atom. The monoisotopic (exact) mass is 350 g/mol. The first-order chi connectivity index (χ1) is 10.3. The van der Waals surface area contributed by atoms with Gasteiger partial charge in [0.25, 0.3) is 0 Å². The Balaban J connectivity index is 2.94. The standard InChI is InChI=1S/C12H10F8N2O/c13-6-1-5(11(16,17)10(14)15)2-7(3-6)22-9(23)4-8(21)12(18,19)20/h1-3,8,10H,4,21H2,(H,22,23). The third-order valence-corrected chi connectivity index (χ3v) is 2.67. The molecule has 0 heterocycles. The first kappa shape index (κ1) is 19.1. The first-order valence-corrected chi connectivity index (χ1v) is 5.93. The third-order valence-electron chi connectivity index (χ3n) is 2.67. The summed E-state index contributed by atoms with van der Waals surface area (Å²) in [4.78, 5) is 11.3. The highest BCUT2D eigenvalue weighted by Crippen LogP contribution is 2.36. The summed E-state index contributed by atoms with van der Waals surface area (Å²) in [5.41, 5.74) is 2.57. The van der Waals surface area contributed by atoms with E-state index in [0.29, 0.717) is 12.1 Å². The Labute approximate surface area is 124 Å². The fraction of sp³-hybridized carbons (Fsp3) is 0.417. The summed E-state index contributed by atoms with van der Waals surface area (Å²) in [5.74, 6) is -7.41. The van der Waals surface area contributed by atoms with Crippen molar-refractivity contribution in [3.8, 4) is 0 Å². The van der Waals surface area contributed by atoms with Crippen molar-refractivity contribution in [2.45, 2.75) is 31.0 Å². The lowest BCUT2D eigenvalue weighted by atomic mass is 10.1. The van der Waals surface area contributed by atoms with Crippen LogP contribution in [-0.2, 0) is 10.7 Å². The highest BCUT2D eigenvalue weighted by Gasteiger charge is 2.43. The maximum atomic E-state index is 13.2. The third kappa shape index (κ3) is 5.05. The van der Waals surface area contributed by atoms with Crippen LogP contribution in [0.4, 0.5) is 40.8 Å². The van der Waals surface area contributed by atoms with Crippen LogP contribution in [0.15, 0.2) is 18.2 Å². The minimum atomic E-state index is -4.87. The lowest BCUT2D eigenvalue weighted by molar-refractivity contribution is -0.153. The van der Waals surface area contributed by atoms with Gasteiger partial charge in [0.05, 0.1) is 6.42 Å². The summed E-state index contributed by atoms with van der Waals surface area (Å²) in [6.45, 7) is 0. The highest BCUT2D eigenvalue weighted by atomic mass is 19.4. The lowest BCUT2D eigenvalue weighted by Crippen LogP contribution is -2.40. The van der Waals surface area contributed by atoms with Crippen LogP contribution in [0.1, 0.15) is 12.0 Å². The second kappa shape index (κ2) is 6.69. The number of nitrogens with two attached hydrogens (primary N) is 1. The van der Waals surface area contributed by atoms with E-state index in [1.807, 2.05) is 0 Å². The summed E-state index contributed by atoms with van der Waals surface area (Å²) in [7, 11) is 0. The van der Waals surface area contributed by atoms with Gasteiger partial charge in [-0.2, -0.15) is 22.0 Å². The predicted octanol–water partition coefficient (Wildman–Crippen LogP) is 3.40. The Morgan fingerprint density at radius 1 is 1.13 bits per heavy atom. The van der Waals surface area contributed by atoms with Gasteiger partial charge in [0.2, 0.25) is 5.91 Å². The molecule has 0 aliphatic rings. The number of hydrogen-bond acceptors (Lipinski definition) is 2. The van der Waals surface area contributed by atoms with E-state index >= 15 is 0 Å². The molecule has 0 fully saturated rings. The molecule has 0 saturated heterocycles. The van der Waals surface area contributed by atoms with Gasteiger partial charge in [0, 0.05) is 11.3 Å². The van der Waals surface area contributed by atoms with Crippen molar-refractivity contribution in [3.63, 3.8) is 0 Å². The highest BCUT2D eigenvalue weighted by molar-refractivity contribution is 5.91. The van der Waals surface area contributed by atoms with E-state index in [9.17, 15) is 39.9 Å². The number of halogens is 8. The van der Waals surface area contributed by atoms with Crippen LogP contribution in [-0.4, -0.2) is 24.6 Å². The first-order valence-electron chi connectivity index (χ1n) is 5.93. The van der Waals surface area contributed by atoms with Crippen LogP contribution in [0.3, 0.4) is 0 Å². The van der Waals surface area contributed by atoms with Gasteiger partial charge in [-0.25, -0.2) is 13.2 Å². The molecule has 0 spiro atoms. The quantitative estimate of drug-likeness (QED) is 0.800. The van der Waals surface area contributed by atoms with Crippen LogP contribution in [0.5, 0.6) is 0 Å². The number of anilines is 1. The zero-order valence-corrected chi connectivity index (χ0v) is 11.1. The number of hydrogen-bond donors (Lipinski definition) is 2. The molecule has 0 aromatic heterocycles. The van der Waals surface area contributed by atoms with Gasteiger partial charge in [-0.1, -0.05) is 0 Å². The summed E-state index contributed by atoms with van der Waals surface area (Å²) in [5, 5.41) is 1.70. The molecule has 1 aromatic rings. The molecule has 130 valence electrons. The van der Waals surface area contributed by atoms with Gasteiger partial charge >= 0.3 is 18.5 Å². The second-order valence-corrected chi connectivity index (χ2v) is 4.55. The number of amides is 1. The van der Waals surface area contributed by atoms with E-state index in [1.165, 1.54) is 0 Å². The maximum absolute atomic E-state index is 13.2. The summed E-state index contributed by atoms with van der Waals surface area (Å²) in [6.07, 6.45) is -10.3. The topological polar surface area (TPSA) is 55.1 Å². The molecule has 0 radical (unpaired) electrons. The Morgan fingerprint density at radius 3 is 2.17 bits per heavy atom. The van der Waals surface area contributed by atoms with Gasteiger partial charge in [-0.05, 0) is 18.2 Å². The van der Waals surface area contributed by atoms with E-state index in [-0.39, 0.29) is 6.07 Å². The Hall–Kier alpha value is -1.91. The largest absolute Gasteiger partial charge is 0.404 e. The van der Waals surface area contributed by atoms with E-state index < -0.39 is 54.0 Å². The van der Waals surface area contributed by atoms with Crippen LogP contribution < -0.4 is 11.1 Å². The molecule has 3 N–H and O–H groups in total. The molecule has 0 saturated carbocycles. The molecule has 1 amide bonds. The molecule has 0 aliphatic carbocycles. The smallest absolute Gasteiger partial charge is 0.326 e. The van der Waals surface area contributed by atoms with Crippen LogP contribution in [0.2, 0.25) is 0 Å². The predicted molar refractivity (Wildman–Crippen MR) is 63.6 cm³/mol. The zero-order chi connectivity index (χ0) is 18.0. The minimum Gasteiger partial charge on any atom is -0.326 e. The normalized spacial score (nSPS) is 14.0. The van der Waals surface area contributed by atoms with Gasteiger partial charge in [0.1, 0.15) is 11.9 Å². The van der Waals surface area contributed by atoms with Crippen molar-refractivity contribution < 1.29 is 39.9 Å². The van der Waals surface area contributed by atoms with Crippen molar-refractivity contribution in [2.75, 3.05) is 5.32 Å². The number of alkyl halides is 7. The van der Waals surface area contributed by atoms with Crippen molar-refractivity contribution in [1.29, 1.82) is 0 Å². The molecule has 0 aliphatic heterocycles. The molecule has 1 unspecified atom stereocenters. The number of carbonyl (C=O) groups excluding carboxylic acids is 1. The van der Waals surface area contributed by atoms with Crippen LogP contribution in [0.25, 0.3) is 0 Å². The van der Waals surface area contributed by atoms with Crippen molar-refractivity contribution >= 4 is 11.6 Å². The molecule has 23 heavy (non-hydrogen) atoms. The van der Waals surface area contributed by atoms with E-state index in [2.05, 4.69) is 0 Å². The average Bonchev–Trinajstić information content (AvgIpc) is 2.36. The molecule has 0 bridgehead atoms. The summed E-state index contributed by atoms with van der Waals surface area (Å²) >= 11 is 0. The van der Waals surface area contributed by atoms with E-state index in [0.717, 1.165) is 0 Å². The van der Waals surface area contributed by atoms with Crippen molar-refractivity contribution in [3.05, 3.63) is 29.6 Å². The lowest BCUT2D eigenvalue weighted by Gasteiger charge is -2.18. The van der Waals surface area contributed by atoms with E-state index in [1.54, 1.807) is 5.32 Å². The number of benzene rings is 1. The Bertz CT molecular complexity index is 573. The SMILES string of the molecule is NC(CC(=O)Nc1cc(F)cc(C(F)(F)C(F)F)c1)C(F)(F)F.